The molecule has 0 spiro atoms. The van der Waals surface area contributed by atoms with E-state index in [0.717, 1.165) is 10.5 Å². The minimum absolute atomic E-state index is 0.000252. The zero-order valence-electron chi connectivity index (χ0n) is 12.7. The Hall–Kier alpha value is -3.22. The van der Waals surface area contributed by atoms with E-state index in [9.17, 15) is 14.4 Å². The van der Waals surface area contributed by atoms with Crippen molar-refractivity contribution in [3.05, 3.63) is 66.0 Å². The highest BCUT2D eigenvalue weighted by atomic mass is 16.6. The Morgan fingerprint density at radius 2 is 1.92 bits per heavy atom. The number of nitrogens with one attached hydrogen (secondary N) is 1. The van der Waals surface area contributed by atoms with E-state index in [-0.39, 0.29) is 24.8 Å². The second-order valence-corrected chi connectivity index (χ2v) is 5.21. The molecule has 1 aromatic carbocycles. The maximum atomic E-state index is 12.4. The lowest BCUT2D eigenvalue weighted by Crippen LogP contribution is -2.40. The molecule has 1 unspecified atom stereocenters. The Morgan fingerprint density at radius 1 is 1.17 bits per heavy atom. The fourth-order valence-corrected chi connectivity index (χ4v) is 2.39. The molecule has 1 atom stereocenters. The summed E-state index contributed by atoms with van der Waals surface area (Å²) in [7, 11) is 0. The topological polar surface area (TPSA) is 88.6 Å². The van der Waals surface area contributed by atoms with Gasteiger partial charge in [-0.2, -0.15) is 0 Å². The molecule has 0 saturated carbocycles. The normalized spacial score (nSPS) is 15.1. The van der Waals surface area contributed by atoms with Crippen LogP contribution in [0.2, 0.25) is 0 Å². The van der Waals surface area contributed by atoms with Gasteiger partial charge in [0.1, 0.15) is 5.69 Å². The molecular formula is C17H15N3O4. The number of imide groups is 1. The van der Waals surface area contributed by atoms with E-state index in [1.807, 2.05) is 30.3 Å². The number of amides is 3. The van der Waals surface area contributed by atoms with Gasteiger partial charge in [0.25, 0.3) is 11.8 Å². The molecule has 1 aliphatic rings. The lowest BCUT2D eigenvalue weighted by atomic mass is 10.1. The summed E-state index contributed by atoms with van der Waals surface area (Å²) in [5.41, 5.74) is 1.03. The predicted octanol–water partition coefficient (Wildman–Crippen LogP) is 1.53. The smallest absolute Gasteiger partial charge is 0.417 e. The van der Waals surface area contributed by atoms with E-state index in [1.54, 1.807) is 18.2 Å². The molecule has 7 heteroatoms. The van der Waals surface area contributed by atoms with E-state index < -0.39 is 18.0 Å². The number of pyridine rings is 1. The van der Waals surface area contributed by atoms with E-state index in [0.29, 0.717) is 0 Å². The number of rotatable bonds is 5. The standard InChI is InChI=1S/C17H15N3O4/c21-15-11-24-17(23)20(15)10-14(12-6-2-1-3-7-12)19-16(22)13-8-4-5-9-18-13/h1-9,14H,10-11H2,(H,19,22). The van der Waals surface area contributed by atoms with Gasteiger partial charge in [-0.25, -0.2) is 9.69 Å². The van der Waals surface area contributed by atoms with Crippen molar-refractivity contribution in [2.24, 2.45) is 0 Å². The molecule has 3 amide bonds. The van der Waals surface area contributed by atoms with Crippen LogP contribution in [0.15, 0.2) is 54.7 Å². The number of carbonyl (C=O) groups is 3. The van der Waals surface area contributed by atoms with Crippen LogP contribution in [0, 0.1) is 0 Å². The molecule has 122 valence electrons. The molecule has 0 radical (unpaired) electrons. The third-order valence-corrected chi connectivity index (χ3v) is 3.61. The van der Waals surface area contributed by atoms with Crippen LogP contribution in [0.3, 0.4) is 0 Å². The van der Waals surface area contributed by atoms with Gasteiger partial charge in [-0.1, -0.05) is 36.4 Å². The van der Waals surface area contributed by atoms with Crippen molar-refractivity contribution < 1.29 is 19.1 Å². The van der Waals surface area contributed by atoms with Gasteiger partial charge in [0.05, 0.1) is 12.6 Å². The summed E-state index contributed by atoms with van der Waals surface area (Å²) >= 11 is 0. The van der Waals surface area contributed by atoms with Gasteiger partial charge >= 0.3 is 6.09 Å². The van der Waals surface area contributed by atoms with Crippen LogP contribution in [0.1, 0.15) is 22.1 Å². The number of hydrogen-bond acceptors (Lipinski definition) is 5. The number of carbonyl (C=O) groups excluding carboxylic acids is 3. The maximum Gasteiger partial charge on any atom is 0.417 e. The zero-order chi connectivity index (χ0) is 16.9. The minimum atomic E-state index is -0.701. The Balaban J connectivity index is 1.81. The molecule has 7 nitrogen and oxygen atoms in total. The first-order valence-electron chi connectivity index (χ1n) is 7.39. The van der Waals surface area contributed by atoms with Crippen molar-refractivity contribution in [1.82, 2.24) is 15.2 Å². The first kappa shape index (κ1) is 15.7. The average Bonchev–Trinajstić information content (AvgIpc) is 2.94. The Kier molecular flexibility index (Phi) is 4.51. The molecule has 2 heterocycles. The van der Waals surface area contributed by atoms with Gasteiger partial charge < -0.3 is 10.1 Å². The van der Waals surface area contributed by atoms with Gasteiger partial charge in [0.15, 0.2) is 6.61 Å². The first-order chi connectivity index (χ1) is 11.6. The van der Waals surface area contributed by atoms with Crippen molar-refractivity contribution in [2.45, 2.75) is 6.04 Å². The molecule has 2 aromatic rings. The van der Waals surface area contributed by atoms with E-state index in [1.165, 1.54) is 6.20 Å². The first-order valence-corrected chi connectivity index (χ1v) is 7.39. The number of aromatic nitrogens is 1. The van der Waals surface area contributed by atoms with Crippen molar-refractivity contribution in [3.8, 4) is 0 Å². The lowest BCUT2D eigenvalue weighted by molar-refractivity contribution is -0.126. The molecule has 0 aliphatic carbocycles. The van der Waals surface area contributed by atoms with E-state index >= 15 is 0 Å². The molecule has 1 N–H and O–H groups in total. The summed E-state index contributed by atoms with van der Waals surface area (Å²) in [5.74, 6) is -0.808. The van der Waals surface area contributed by atoms with Crippen LogP contribution in [0.4, 0.5) is 4.79 Å². The van der Waals surface area contributed by atoms with Gasteiger partial charge in [-0.15, -0.1) is 0 Å². The highest BCUT2D eigenvalue weighted by Crippen LogP contribution is 2.18. The van der Waals surface area contributed by atoms with Crippen molar-refractivity contribution in [1.29, 1.82) is 0 Å². The van der Waals surface area contributed by atoms with Gasteiger partial charge in [-0.05, 0) is 17.7 Å². The third kappa shape index (κ3) is 3.40. The summed E-state index contributed by atoms with van der Waals surface area (Å²) in [6, 6.07) is 13.6. The predicted molar refractivity (Wildman–Crippen MR) is 83.9 cm³/mol. The van der Waals surface area contributed by atoms with Crippen LogP contribution < -0.4 is 5.32 Å². The van der Waals surface area contributed by atoms with Crippen LogP contribution >= 0.6 is 0 Å². The second kappa shape index (κ2) is 6.91. The summed E-state index contributed by atoms with van der Waals surface area (Å²) in [6.45, 7) is -0.269. The van der Waals surface area contributed by atoms with Crippen molar-refractivity contribution >= 4 is 17.9 Å². The molecule has 1 aromatic heterocycles. The largest absolute Gasteiger partial charge is 0.439 e. The average molecular weight is 325 g/mol. The third-order valence-electron chi connectivity index (χ3n) is 3.61. The molecule has 1 aliphatic heterocycles. The van der Waals surface area contributed by atoms with E-state index in [4.69, 9.17) is 4.74 Å². The number of benzene rings is 1. The summed E-state index contributed by atoms with van der Waals surface area (Å²) in [4.78, 5) is 40.8. The quantitative estimate of drug-likeness (QED) is 0.900. The summed E-state index contributed by atoms with van der Waals surface area (Å²) in [5, 5.41) is 2.81. The number of ether oxygens (including phenoxy) is 1. The Morgan fingerprint density at radius 3 is 2.54 bits per heavy atom. The van der Waals surface area contributed by atoms with Crippen LogP contribution in [-0.2, 0) is 9.53 Å². The van der Waals surface area contributed by atoms with Crippen molar-refractivity contribution in [2.75, 3.05) is 13.2 Å². The highest BCUT2D eigenvalue weighted by Gasteiger charge is 2.33. The molecule has 1 fully saturated rings. The molecule has 1 saturated heterocycles. The highest BCUT2D eigenvalue weighted by molar-refractivity contribution is 5.98. The Bertz CT molecular complexity index is 733. The molecule has 0 bridgehead atoms. The maximum absolute atomic E-state index is 12.4. The van der Waals surface area contributed by atoms with Gasteiger partial charge in [0.2, 0.25) is 0 Å². The molecule has 24 heavy (non-hydrogen) atoms. The van der Waals surface area contributed by atoms with Crippen LogP contribution in [0.25, 0.3) is 0 Å². The van der Waals surface area contributed by atoms with Crippen LogP contribution in [0.5, 0.6) is 0 Å². The number of cyclic esters (lactones) is 1. The van der Waals surface area contributed by atoms with Gasteiger partial charge in [-0.3, -0.25) is 14.6 Å². The van der Waals surface area contributed by atoms with Crippen molar-refractivity contribution in [3.63, 3.8) is 0 Å². The van der Waals surface area contributed by atoms with Gasteiger partial charge in [0, 0.05) is 6.20 Å². The second-order valence-electron chi connectivity index (χ2n) is 5.21. The van der Waals surface area contributed by atoms with E-state index in [2.05, 4.69) is 10.3 Å². The number of hydrogen-bond donors (Lipinski definition) is 1. The zero-order valence-corrected chi connectivity index (χ0v) is 12.7. The Labute approximate surface area is 138 Å². The van der Waals surface area contributed by atoms with Crippen LogP contribution in [-0.4, -0.2) is 40.9 Å². The fourth-order valence-electron chi connectivity index (χ4n) is 2.39. The summed E-state index contributed by atoms with van der Waals surface area (Å²) in [6.07, 6.45) is 0.821. The molecular weight excluding hydrogens is 310 g/mol. The fraction of sp³-hybridized carbons (Fsp3) is 0.176. The lowest BCUT2D eigenvalue weighted by Gasteiger charge is -2.22. The number of nitrogens with zero attached hydrogens (tertiary/aromatic N) is 2. The minimum Gasteiger partial charge on any atom is -0.439 e. The monoisotopic (exact) mass is 325 g/mol. The molecule has 3 rings (SSSR count). The summed E-state index contributed by atoms with van der Waals surface area (Å²) < 4.78 is 4.72. The SMILES string of the molecule is O=C(NC(CN1C(=O)COC1=O)c1ccccc1)c1ccccn1.